The van der Waals surface area contributed by atoms with E-state index in [4.69, 9.17) is 9.84 Å². The molecule has 0 radical (unpaired) electrons. The second kappa shape index (κ2) is 4.62. The fraction of sp³-hybridized carbons (Fsp3) is 0.556. The van der Waals surface area contributed by atoms with Crippen molar-refractivity contribution in [1.82, 2.24) is 9.55 Å². The third kappa shape index (κ3) is 2.17. The average Bonchev–Trinajstić information content (AvgIpc) is 2.63. The van der Waals surface area contributed by atoms with Gasteiger partial charge in [0.2, 0.25) is 0 Å². The third-order valence-electron chi connectivity index (χ3n) is 2.48. The van der Waals surface area contributed by atoms with Gasteiger partial charge < -0.3 is 14.9 Å². The van der Waals surface area contributed by atoms with Gasteiger partial charge in [-0.2, -0.15) is 0 Å². The Morgan fingerprint density at radius 1 is 1.69 bits per heavy atom. The summed E-state index contributed by atoms with van der Waals surface area (Å²) in [5.41, 5.74) is -0.445. The molecule has 0 aromatic carbocycles. The summed E-state index contributed by atoms with van der Waals surface area (Å²) in [5, 5.41) is 18.5. The van der Waals surface area contributed by atoms with Gasteiger partial charge in [0.1, 0.15) is 12.3 Å². The summed E-state index contributed by atoms with van der Waals surface area (Å²) in [6, 6.07) is 0. The predicted octanol–water partition coefficient (Wildman–Crippen LogP) is -0.353. The molecule has 1 aliphatic rings. The zero-order chi connectivity index (χ0) is 11.7. The highest BCUT2D eigenvalue weighted by atomic mass is 79.9. The van der Waals surface area contributed by atoms with E-state index >= 15 is 0 Å². The molecule has 6 nitrogen and oxygen atoms in total. The molecular formula is C9H11BrN2O4. The van der Waals surface area contributed by atoms with E-state index in [2.05, 4.69) is 20.9 Å². The number of aliphatic hydroxyl groups is 2. The minimum absolute atomic E-state index is 0.267. The molecule has 1 aliphatic heterocycles. The van der Waals surface area contributed by atoms with Gasteiger partial charge in [-0.1, -0.05) is 0 Å². The lowest BCUT2D eigenvalue weighted by Gasteiger charge is -2.14. The van der Waals surface area contributed by atoms with E-state index in [0.29, 0.717) is 4.47 Å². The first-order valence-corrected chi connectivity index (χ1v) is 5.59. The number of nitrogens with zero attached hydrogens (tertiary/aromatic N) is 2. The number of rotatable bonds is 2. The van der Waals surface area contributed by atoms with E-state index in [0.717, 1.165) is 0 Å². The maximum atomic E-state index is 11.5. The van der Waals surface area contributed by atoms with Crippen LogP contribution in [0.4, 0.5) is 0 Å². The monoisotopic (exact) mass is 290 g/mol. The van der Waals surface area contributed by atoms with Crippen LogP contribution in [0.5, 0.6) is 0 Å². The van der Waals surface area contributed by atoms with Crippen molar-refractivity contribution in [3.05, 3.63) is 27.4 Å². The maximum absolute atomic E-state index is 11.5. The lowest BCUT2D eigenvalue weighted by atomic mass is 10.2. The number of halogens is 1. The van der Waals surface area contributed by atoms with Crippen molar-refractivity contribution in [2.24, 2.45) is 0 Å². The number of hydrogen-bond acceptors (Lipinski definition) is 5. The van der Waals surface area contributed by atoms with E-state index in [9.17, 15) is 9.90 Å². The maximum Gasteiger partial charge on any atom is 0.349 e. The molecule has 16 heavy (non-hydrogen) atoms. The van der Waals surface area contributed by atoms with Gasteiger partial charge in [-0.3, -0.25) is 4.57 Å². The summed E-state index contributed by atoms with van der Waals surface area (Å²) in [5.74, 6) is 0. The van der Waals surface area contributed by atoms with Crippen molar-refractivity contribution in [1.29, 1.82) is 0 Å². The molecule has 0 amide bonds. The molecular weight excluding hydrogens is 280 g/mol. The highest BCUT2D eigenvalue weighted by molar-refractivity contribution is 9.10. The summed E-state index contributed by atoms with van der Waals surface area (Å²) < 4.78 is 7.29. The Kier molecular flexibility index (Phi) is 3.38. The number of hydrogen-bond donors (Lipinski definition) is 2. The Hall–Kier alpha value is -0.760. The van der Waals surface area contributed by atoms with Crippen LogP contribution >= 0.6 is 15.9 Å². The molecule has 1 saturated heterocycles. The van der Waals surface area contributed by atoms with Crippen LogP contribution in [0, 0.1) is 0 Å². The minimum atomic E-state index is -0.763. The number of aromatic nitrogens is 2. The van der Waals surface area contributed by atoms with Crippen LogP contribution in [0.15, 0.2) is 21.7 Å². The summed E-state index contributed by atoms with van der Waals surface area (Å²) in [7, 11) is 0. The molecule has 1 fully saturated rings. The van der Waals surface area contributed by atoms with Gasteiger partial charge in [-0.25, -0.2) is 9.78 Å². The van der Waals surface area contributed by atoms with Crippen molar-refractivity contribution in [2.75, 3.05) is 6.61 Å². The summed E-state index contributed by atoms with van der Waals surface area (Å²) in [4.78, 5) is 15.1. The second-order valence-corrected chi connectivity index (χ2v) is 4.49. The van der Waals surface area contributed by atoms with Gasteiger partial charge in [0.05, 0.1) is 17.2 Å². The van der Waals surface area contributed by atoms with Crippen molar-refractivity contribution in [3.63, 3.8) is 0 Å². The molecule has 2 heterocycles. The van der Waals surface area contributed by atoms with Crippen LogP contribution in [0.2, 0.25) is 0 Å². The quantitative estimate of drug-likeness (QED) is 0.778. The van der Waals surface area contributed by atoms with Crippen LogP contribution in [-0.2, 0) is 4.74 Å². The van der Waals surface area contributed by atoms with Gasteiger partial charge in [0.15, 0.2) is 0 Å². The average molecular weight is 291 g/mol. The Labute approximate surface area is 99.6 Å². The lowest BCUT2D eigenvalue weighted by molar-refractivity contribution is -0.0459. The van der Waals surface area contributed by atoms with Crippen LogP contribution in [0.1, 0.15) is 12.6 Å². The standard InChI is InChI=1S/C9H11BrN2O4/c10-5-2-11-9(15)12(3-5)8-1-6(14)7(4-13)16-8/h2-3,6-8,13-14H,1,4H2/t6-,7+,8?/m0/s1. The van der Waals surface area contributed by atoms with Gasteiger partial charge in [-0.15, -0.1) is 0 Å². The molecule has 0 saturated carbocycles. The Morgan fingerprint density at radius 2 is 2.44 bits per heavy atom. The normalized spacial score (nSPS) is 29.6. The topological polar surface area (TPSA) is 84.6 Å². The fourth-order valence-corrected chi connectivity index (χ4v) is 1.98. The molecule has 88 valence electrons. The smallest absolute Gasteiger partial charge is 0.349 e. The first-order chi connectivity index (χ1) is 7.61. The van der Waals surface area contributed by atoms with E-state index in [-0.39, 0.29) is 13.0 Å². The molecule has 0 bridgehead atoms. The molecule has 2 rings (SSSR count). The number of aliphatic hydroxyl groups excluding tert-OH is 2. The molecule has 1 aromatic heterocycles. The first kappa shape index (κ1) is 11.7. The zero-order valence-electron chi connectivity index (χ0n) is 8.28. The largest absolute Gasteiger partial charge is 0.394 e. The Morgan fingerprint density at radius 3 is 3.06 bits per heavy atom. The van der Waals surface area contributed by atoms with Crippen LogP contribution < -0.4 is 5.69 Å². The molecule has 1 aromatic rings. The number of ether oxygens (including phenoxy) is 1. The van der Waals surface area contributed by atoms with Gasteiger partial charge in [0.25, 0.3) is 0 Å². The van der Waals surface area contributed by atoms with Crippen molar-refractivity contribution in [3.8, 4) is 0 Å². The van der Waals surface area contributed by atoms with Crippen LogP contribution in [0.3, 0.4) is 0 Å². The zero-order valence-corrected chi connectivity index (χ0v) is 9.87. The summed E-state index contributed by atoms with van der Waals surface area (Å²) in [6.07, 6.45) is 1.23. The van der Waals surface area contributed by atoms with Crippen molar-refractivity contribution < 1.29 is 14.9 Å². The summed E-state index contributed by atoms with van der Waals surface area (Å²) >= 11 is 3.20. The fourth-order valence-electron chi connectivity index (χ4n) is 1.66. The van der Waals surface area contributed by atoms with E-state index in [1.807, 2.05) is 0 Å². The minimum Gasteiger partial charge on any atom is -0.394 e. The Balaban J connectivity index is 2.26. The molecule has 7 heteroatoms. The van der Waals surface area contributed by atoms with Gasteiger partial charge >= 0.3 is 5.69 Å². The predicted molar refractivity (Wildman–Crippen MR) is 57.8 cm³/mol. The lowest BCUT2D eigenvalue weighted by Crippen LogP contribution is -2.27. The molecule has 1 unspecified atom stereocenters. The van der Waals surface area contributed by atoms with E-state index in [1.54, 1.807) is 6.20 Å². The van der Waals surface area contributed by atoms with Crippen LogP contribution in [0.25, 0.3) is 0 Å². The SMILES string of the molecule is O=c1ncc(Br)cn1C1C[C@H](O)[C@@H](CO)O1. The van der Waals surface area contributed by atoms with Crippen LogP contribution in [-0.4, -0.2) is 38.6 Å². The van der Waals surface area contributed by atoms with Crippen molar-refractivity contribution in [2.45, 2.75) is 24.9 Å². The second-order valence-electron chi connectivity index (χ2n) is 3.58. The van der Waals surface area contributed by atoms with Crippen molar-refractivity contribution >= 4 is 15.9 Å². The molecule has 0 spiro atoms. The molecule has 0 aliphatic carbocycles. The van der Waals surface area contributed by atoms with Gasteiger partial charge in [0, 0.05) is 18.8 Å². The highest BCUT2D eigenvalue weighted by Gasteiger charge is 2.34. The Bertz CT molecular complexity index is 436. The van der Waals surface area contributed by atoms with Gasteiger partial charge in [-0.05, 0) is 15.9 Å². The van der Waals surface area contributed by atoms with E-state index in [1.165, 1.54) is 10.8 Å². The first-order valence-electron chi connectivity index (χ1n) is 4.80. The highest BCUT2D eigenvalue weighted by Crippen LogP contribution is 2.27. The summed E-state index contributed by atoms with van der Waals surface area (Å²) in [6.45, 7) is -0.270. The van der Waals surface area contributed by atoms with E-state index < -0.39 is 24.1 Å². The molecule has 2 N–H and O–H groups in total. The molecule has 3 atom stereocenters. The third-order valence-corrected chi connectivity index (χ3v) is 2.89.